The van der Waals surface area contributed by atoms with Crippen molar-refractivity contribution in [3.63, 3.8) is 0 Å². The standard InChI is InChI=1S/C21H16N2O4/c1-2-27-15-7-6-13-10-17(21(25)26)20(24)23(19(13)11-15)18-5-3-4-14-12-22-9-8-16(14)18/h3-12H,2H2,1H3,(H,25,26). The zero-order chi connectivity index (χ0) is 19.0. The molecule has 0 fully saturated rings. The lowest BCUT2D eigenvalue weighted by Gasteiger charge is -2.15. The molecule has 6 heteroatoms. The second kappa shape index (κ2) is 6.57. The molecule has 0 saturated heterocycles. The smallest absolute Gasteiger partial charge is 0.341 e. The number of rotatable bonds is 4. The average molecular weight is 360 g/mol. The molecule has 0 atom stereocenters. The minimum Gasteiger partial charge on any atom is -0.494 e. The number of pyridine rings is 2. The van der Waals surface area contributed by atoms with Crippen LogP contribution in [0, 0.1) is 0 Å². The molecule has 4 rings (SSSR count). The van der Waals surface area contributed by atoms with Crippen LogP contribution in [0.15, 0.2) is 65.7 Å². The quantitative estimate of drug-likeness (QED) is 0.601. The van der Waals surface area contributed by atoms with Gasteiger partial charge in [0.1, 0.15) is 11.3 Å². The number of aromatic nitrogens is 2. The van der Waals surface area contributed by atoms with Crippen LogP contribution in [0.1, 0.15) is 17.3 Å². The van der Waals surface area contributed by atoms with Gasteiger partial charge in [-0.25, -0.2) is 4.79 Å². The number of hydrogen-bond donors (Lipinski definition) is 1. The third kappa shape index (κ3) is 2.81. The van der Waals surface area contributed by atoms with Gasteiger partial charge in [0.2, 0.25) is 0 Å². The molecule has 0 bridgehead atoms. The fourth-order valence-corrected chi connectivity index (χ4v) is 3.24. The van der Waals surface area contributed by atoms with Crippen LogP contribution in [0.5, 0.6) is 5.75 Å². The molecule has 6 nitrogen and oxygen atoms in total. The fraction of sp³-hybridized carbons (Fsp3) is 0.0952. The summed E-state index contributed by atoms with van der Waals surface area (Å²) in [4.78, 5) is 28.8. The van der Waals surface area contributed by atoms with Gasteiger partial charge >= 0.3 is 5.97 Å². The lowest BCUT2D eigenvalue weighted by molar-refractivity contribution is 0.0695. The highest BCUT2D eigenvalue weighted by atomic mass is 16.5. The van der Waals surface area contributed by atoms with Gasteiger partial charge in [0.25, 0.3) is 5.56 Å². The first-order chi connectivity index (χ1) is 13.1. The number of hydrogen-bond acceptors (Lipinski definition) is 4. The molecule has 0 aliphatic carbocycles. The summed E-state index contributed by atoms with van der Waals surface area (Å²) in [5, 5.41) is 11.8. The van der Waals surface area contributed by atoms with Gasteiger partial charge < -0.3 is 9.84 Å². The van der Waals surface area contributed by atoms with E-state index in [1.165, 1.54) is 10.6 Å². The minimum atomic E-state index is -1.26. The highest BCUT2D eigenvalue weighted by molar-refractivity contribution is 5.96. The summed E-state index contributed by atoms with van der Waals surface area (Å²) < 4.78 is 7.00. The Morgan fingerprint density at radius 2 is 2.00 bits per heavy atom. The Bertz CT molecular complexity index is 1240. The van der Waals surface area contributed by atoms with E-state index in [2.05, 4.69) is 4.98 Å². The van der Waals surface area contributed by atoms with E-state index in [0.29, 0.717) is 28.9 Å². The van der Waals surface area contributed by atoms with Crippen molar-refractivity contribution >= 4 is 27.6 Å². The number of carboxylic acid groups (broad SMARTS) is 1. The van der Waals surface area contributed by atoms with Gasteiger partial charge in [-0.05, 0) is 42.6 Å². The Morgan fingerprint density at radius 1 is 1.15 bits per heavy atom. The molecule has 27 heavy (non-hydrogen) atoms. The molecule has 134 valence electrons. The first-order valence-electron chi connectivity index (χ1n) is 8.49. The minimum absolute atomic E-state index is 0.280. The summed E-state index contributed by atoms with van der Waals surface area (Å²) in [7, 11) is 0. The van der Waals surface area contributed by atoms with E-state index in [4.69, 9.17) is 4.74 Å². The lowest BCUT2D eigenvalue weighted by atomic mass is 10.1. The number of carbonyl (C=O) groups is 1. The van der Waals surface area contributed by atoms with Crippen LogP contribution in [-0.4, -0.2) is 27.2 Å². The monoisotopic (exact) mass is 360 g/mol. The summed E-state index contributed by atoms with van der Waals surface area (Å²) in [5.41, 5.74) is 0.313. The Kier molecular flexibility index (Phi) is 4.08. The first-order valence-corrected chi connectivity index (χ1v) is 8.49. The SMILES string of the molecule is CCOc1ccc2cc(C(=O)O)c(=O)n(-c3cccc4cnccc34)c2c1. The van der Waals surface area contributed by atoms with Crippen molar-refractivity contribution in [2.75, 3.05) is 6.61 Å². The summed E-state index contributed by atoms with van der Waals surface area (Å²) in [5.74, 6) is -0.644. The van der Waals surface area contributed by atoms with Crippen LogP contribution in [0.2, 0.25) is 0 Å². The topological polar surface area (TPSA) is 81.4 Å². The molecule has 2 heterocycles. The fourth-order valence-electron chi connectivity index (χ4n) is 3.24. The predicted octanol–water partition coefficient (Wildman–Crippen LogP) is 3.64. The summed E-state index contributed by atoms with van der Waals surface area (Å²) in [6.45, 7) is 2.37. The van der Waals surface area contributed by atoms with Crippen molar-refractivity contribution in [1.29, 1.82) is 0 Å². The van der Waals surface area contributed by atoms with E-state index in [0.717, 1.165) is 10.8 Å². The molecule has 0 unspecified atom stereocenters. The van der Waals surface area contributed by atoms with Crippen LogP contribution in [0.4, 0.5) is 0 Å². The molecule has 2 aromatic carbocycles. The highest BCUT2D eigenvalue weighted by Gasteiger charge is 2.17. The van der Waals surface area contributed by atoms with Crippen molar-refractivity contribution in [2.45, 2.75) is 6.92 Å². The number of nitrogens with zero attached hydrogens (tertiary/aromatic N) is 2. The van der Waals surface area contributed by atoms with Gasteiger partial charge in [0, 0.05) is 29.2 Å². The molecule has 4 aromatic rings. The number of carboxylic acids is 1. The Morgan fingerprint density at radius 3 is 2.78 bits per heavy atom. The van der Waals surface area contributed by atoms with Gasteiger partial charge in [0.15, 0.2) is 0 Å². The van der Waals surface area contributed by atoms with Gasteiger partial charge in [-0.2, -0.15) is 0 Å². The van der Waals surface area contributed by atoms with Crippen molar-refractivity contribution in [3.8, 4) is 11.4 Å². The Balaban J connectivity index is 2.16. The van der Waals surface area contributed by atoms with Crippen molar-refractivity contribution in [2.24, 2.45) is 0 Å². The van der Waals surface area contributed by atoms with Gasteiger partial charge in [-0.1, -0.05) is 12.1 Å². The van der Waals surface area contributed by atoms with E-state index >= 15 is 0 Å². The second-order valence-electron chi connectivity index (χ2n) is 6.03. The predicted molar refractivity (Wildman–Crippen MR) is 103 cm³/mol. The zero-order valence-electron chi connectivity index (χ0n) is 14.5. The third-order valence-electron chi connectivity index (χ3n) is 4.42. The zero-order valence-corrected chi connectivity index (χ0v) is 14.5. The molecule has 0 spiro atoms. The molecule has 0 radical (unpaired) electrons. The van der Waals surface area contributed by atoms with Crippen LogP contribution in [0.3, 0.4) is 0 Å². The largest absolute Gasteiger partial charge is 0.494 e. The van der Waals surface area contributed by atoms with E-state index < -0.39 is 11.5 Å². The first kappa shape index (κ1) is 16.8. The van der Waals surface area contributed by atoms with E-state index in [9.17, 15) is 14.7 Å². The van der Waals surface area contributed by atoms with Crippen LogP contribution < -0.4 is 10.3 Å². The highest BCUT2D eigenvalue weighted by Crippen LogP contribution is 2.27. The third-order valence-corrected chi connectivity index (χ3v) is 4.42. The number of ether oxygens (including phenoxy) is 1. The molecule has 1 N–H and O–H groups in total. The molecule has 0 aliphatic rings. The molecular weight excluding hydrogens is 344 g/mol. The molecule has 0 aliphatic heterocycles. The Hall–Kier alpha value is -3.67. The van der Waals surface area contributed by atoms with Gasteiger partial charge in [-0.3, -0.25) is 14.3 Å². The van der Waals surface area contributed by atoms with E-state index in [1.54, 1.807) is 36.7 Å². The maximum atomic E-state index is 13.1. The summed E-state index contributed by atoms with van der Waals surface area (Å²) >= 11 is 0. The van der Waals surface area contributed by atoms with Crippen molar-refractivity contribution in [1.82, 2.24) is 9.55 Å². The Labute approximate surface area is 154 Å². The van der Waals surface area contributed by atoms with Gasteiger partial charge in [-0.15, -0.1) is 0 Å². The number of fused-ring (bicyclic) bond motifs is 2. The number of benzene rings is 2. The number of aromatic carboxylic acids is 1. The molecule has 0 amide bonds. The maximum Gasteiger partial charge on any atom is 0.341 e. The van der Waals surface area contributed by atoms with Crippen molar-refractivity contribution < 1.29 is 14.6 Å². The van der Waals surface area contributed by atoms with E-state index in [1.807, 2.05) is 25.1 Å². The normalized spacial score (nSPS) is 11.0. The molecule has 2 aromatic heterocycles. The average Bonchev–Trinajstić information content (AvgIpc) is 2.67. The second-order valence-corrected chi connectivity index (χ2v) is 6.03. The summed E-state index contributed by atoms with van der Waals surface area (Å²) in [6.07, 6.45) is 3.35. The van der Waals surface area contributed by atoms with Gasteiger partial charge in [0.05, 0.1) is 17.8 Å². The molecule has 0 saturated carbocycles. The maximum absolute atomic E-state index is 13.1. The van der Waals surface area contributed by atoms with Crippen LogP contribution in [-0.2, 0) is 0 Å². The van der Waals surface area contributed by atoms with Crippen LogP contribution in [0.25, 0.3) is 27.4 Å². The lowest BCUT2D eigenvalue weighted by Crippen LogP contribution is -2.25. The summed E-state index contributed by atoms with van der Waals surface area (Å²) in [6, 6.07) is 14.0. The van der Waals surface area contributed by atoms with Crippen LogP contribution >= 0.6 is 0 Å². The van der Waals surface area contributed by atoms with E-state index in [-0.39, 0.29) is 5.56 Å². The molecular formula is C21H16N2O4. The van der Waals surface area contributed by atoms with Crippen molar-refractivity contribution in [3.05, 3.63) is 76.8 Å².